The lowest BCUT2D eigenvalue weighted by molar-refractivity contribution is -0.738. The summed E-state index contributed by atoms with van der Waals surface area (Å²) in [5.41, 5.74) is 0.404. The van der Waals surface area contributed by atoms with E-state index in [4.69, 9.17) is 32.6 Å². The van der Waals surface area contributed by atoms with E-state index in [2.05, 4.69) is 40.3 Å². The van der Waals surface area contributed by atoms with Gasteiger partial charge in [-0.2, -0.15) is 13.2 Å². The molecule has 0 atom stereocenters. The van der Waals surface area contributed by atoms with E-state index in [1.165, 1.54) is 5.56 Å². The smallest absolute Gasteiger partial charge is 0.485 e. The number of carbonyl (C=O) groups excluding carboxylic acids is 2. The first-order chi connectivity index (χ1) is 26.8. The quantitative estimate of drug-likeness (QED) is 0.0645. The van der Waals surface area contributed by atoms with Gasteiger partial charge in [-0.15, -0.1) is 20.7 Å². The highest BCUT2D eigenvalue weighted by molar-refractivity contribution is 7.86. The number of nitrogens with one attached hydrogen (secondary N) is 2. The number of urea groups is 1. The van der Waals surface area contributed by atoms with Crippen LogP contribution in [0, 0.1) is 0 Å². The average Bonchev–Trinajstić information content (AvgIpc) is 3.92. The first-order valence-corrected chi connectivity index (χ1v) is 19.8. The highest BCUT2D eigenvalue weighted by Gasteiger charge is 2.37. The van der Waals surface area contributed by atoms with E-state index in [1.807, 2.05) is 77.2 Å². The zero-order valence-corrected chi connectivity index (χ0v) is 31.9. The Bertz CT molecular complexity index is 2170. The number of alkyl halides is 3. The third-order valence-corrected chi connectivity index (χ3v) is 9.87. The molecule has 1 saturated heterocycles. The van der Waals surface area contributed by atoms with Crippen LogP contribution >= 0.6 is 11.3 Å². The standard InChI is InChI=1S/C36H39N7O4S.CHF3O3S/c1-41-31(13-8-18-38-36(45)47-25-28-11-6-3-7-12-28)24-43(40-41)30-16-17-32(33(23-30)46-22-21-42-20-19-37-35(42)44)34-39-29(26-48-34)15-14-27-9-4-2-5-10-27;2-1(3,4)8(5,6)7/h2-7,9-12,16-17,23-24,26H,8,13-15,18-22,25H2,1H3,(H-,37,38,44,45);(H,5,6,7). The molecule has 0 radical (unpaired) electrons. The van der Waals surface area contributed by atoms with Crippen molar-refractivity contribution in [1.82, 2.24) is 30.4 Å². The minimum absolute atomic E-state index is 0.0635. The molecule has 0 saturated carbocycles. The summed E-state index contributed by atoms with van der Waals surface area (Å²) in [7, 11) is -4.18. The summed E-state index contributed by atoms with van der Waals surface area (Å²) in [5, 5.41) is 13.4. The fraction of sp³-hybridized carbons (Fsp3) is 0.324. The van der Waals surface area contributed by atoms with Gasteiger partial charge in [0.05, 0.1) is 23.0 Å². The summed E-state index contributed by atoms with van der Waals surface area (Å²) in [5.74, 6) is 0.689. The monoisotopic (exact) mass is 815 g/mol. The molecule has 6 rings (SSSR count). The van der Waals surface area contributed by atoms with Crippen molar-refractivity contribution < 1.29 is 49.9 Å². The van der Waals surface area contributed by atoms with Gasteiger partial charge in [-0.25, -0.2) is 23.0 Å². The van der Waals surface area contributed by atoms with Crippen LogP contribution in [0.15, 0.2) is 90.4 Å². The largest absolute Gasteiger partial charge is 0.741 e. The predicted molar refractivity (Wildman–Crippen MR) is 199 cm³/mol. The van der Waals surface area contributed by atoms with Crippen LogP contribution in [0.25, 0.3) is 16.3 Å². The molecule has 3 aromatic carbocycles. The number of halogens is 3. The fourth-order valence-corrected chi connectivity index (χ4v) is 6.33. The molecule has 3 heterocycles. The van der Waals surface area contributed by atoms with Gasteiger partial charge in [-0.05, 0) is 42.5 Å². The van der Waals surface area contributed by atoms with Gasteiger partial charge in [0.2, 0.25) is 0 Å². The second-order valence-corrected chi connectivity index (χ2v) is 14.7. The number of aromatic nitrogens is 4. The molecular weight excluding hydrogens is 776 g/mol. The highest BCUT2D eigenvalue weighted by Crippen LogP contribution is 2.34. The van der Waals surface area contributed by atoms with E-state index >= 15 is 0 Å². The first-order valence-electron chi connectivity index (χ1n) is 17.5. The number of carbonyl (C=O) groups is 2. The summed E-state index contributed by atoms with van der Waals surface area (Å²) in [4.78, 5) is 30.9. The van der Waals surface area contributed by atoms with Gasteiger partial charge in [0.1, 0.15) is 31.0 Å². The number of amides is 3. The van der Waals surface area contributed by atoms with Crippen LogP contribution in [0.1, 0.15) is 28.9 Å². The molecule has 19 heteroatoms. The molecular formula is C37H40F3N7O7S2. The second kappa shape index (κ2) is 19.4. The molecule has 2 aromatic heterocycles. The molecule has 1 aliphatic rings. The number of benzene rings is 3. The lowest BCUT2D eigenvalue weighted by Crippen LogP contribution is -2.35. The van der Waals surface area contributed by atoms with Gasteiger partial charge in [0.25, 0.3) is 0 Å². The summed E-state index contributed by atoms with van der Waals surface area (Å²) in [6.45, 7) is 2.90. The summed E-state index contributed by atoms with van der Waals surface area (Å²) >= 11 is 1.60. The average molecular weight is 816 g/mol. The topological polar surface area (TPSA) is 172 Å². The molecule has 56 heavy (non-hydrogen) atoms. The molecule has 14 nitrogen and oxygen atoms in total. The van der Waals surface area contributed by atoms with Gasteiger partial charge in [-0.3, -0.25) is 0 Å². The number of rotatable bonds is 15. The second-order valence-electron chi connectivity index (χ2n) is 12.4. The molecule has 5 aromatic rings. The molecule has 0 unspecified atom stereocenters. The minimum atomic E-state index is -6.09. The van der Waals surface area contributed by atoms with Crippen molar-refractivity contribution in [2.45, 2.75) is 37.8 Å². The van der Waals surface area contributed by atoms with Crippen molar-refractivity contribution in [3.05, 3.63) is 113 Å². The van der Waals surface area contributed by atoms with Gasteiger partial charge >= 0.3 is 17.6 Å². The van der Waals surface area contributed by atoms with Crippen molar-refractivity contribution in [2.24, 2.45) is 7.05 Å². The Kier molecular flexibility index (Phi) is 14.4. The maximum atomic E-state index is 12.1. The van der Waals surface area contributed by atoms with Crippen LogP contribution in [-0.2, 0) is 47.8 Å². The maximum absolute atomic E-state index is 12.1. The molecule has 0 spiro atoms. The van der Waals surface area contributed by atoms with Gasteiger partial charge in [0, 0.05) is 37.5 Å². The molecule has 1 fully saturated rings. The summed E-state index contributed by atoms with van der Waals surface area (Å²) in [6, 6.07) is 26.0. The number of hydrogen-bond acceptors (Lipinski definition) is 10. The molecule has 1 aliphatic heterocycles. The zero-order valence-electron chi connectivity index (χ0n) is 30.3. The van der Waals surface area contributed by atoms with Crippen molar-refractivity contribution in [2.75, 3.05) is 32.8 Å². The van der Waals surface area contributed by atoms with E-state index < -0.39 is 21.7 Å². The SMILES string of the molecule is C[n+]1nn(-c2ccc(-c3nc(CCc4ccccc4)cs3)c(OCCN3CCNC3=O)c2)cc1CCCNC(=O)OCc1ccccc1.O=S(=O)([O-])C(F)(F)F. The van der Waals surface area contributed by atoms with Crippen LogP contribution in [-0.4, -0.2) is 83.2 Å². The molecule has 0 bridgehead atoms. The number of alkyl carbamates (subject to hydrolysis) is 1. The third-order valence-electron chi connectivity index (χ3n) is 8.38. The number of aryl methyl sites for hydroxylation is 4. The van der Waals surface area contributed by atoms with E-state index in [0.717, 1.165) is 58.9 Å². The fourth-order valence-electron chi connectivity index (χ4n) is 5.44. The lowest BCUT2D eigenvalue weighted by atomic mass is 10.1. The van der Waals surface area contributed by atoms with Crippen LogP contribution < -0.4 is 20.1 Å². The van der Waals surface area contributed by atoms with Crippen LogP contribution in [0.3, 0.4) is 0 Å². The maximum Gasteiger partial charge on any atom is 0.485 e. The van der Waals surface area contributed by atoms with Crippen molar-refractivity contribution in [3.8, 4) is 22.0 Å². The van der Waals surface area contributed by atoms with E-state index in [-0.39, 0.29) is 12.6 Å². The van der Waals surface area contributed by atoms with Crippen LogP contribution in [0.2, 0.25) is 0 Å². The Labute approximate surface area is 325 Å². The Hall–Kier alpha value is -5.53. The summed E-state index contributed by atoms with van der Waals surface area (Å²) < 4.78 is 74.2. The Morgan fingerprint density at radius 3 is 2.39 bits per heavy atom. The predicted octanol–water partition coefficient (Wildman–Crippen LogP) is 4.92. The normalized spacial score (nSPS) is 12.8. The number of hydrogen-bond donors (Lipinski definition) is 2. The van der Waals surface area contributed by atoms with Gasteiger partial charge in [0.15, 0.2) is 27.7 Å². The minimum Gasteiger partial charge on any atom is -0.741 e. The Balaban J connectivity index is 0.000000677. The number of thiazole rings is 1. The highest BCUT2D eigenvalue weighted by atomic mass is 32.2. The van der Waals surface area contributed by atoms with Crippen LogP contribution in [0.4, 0.5) is 22.8 Å². The van der Waals surface area contributed by atoms with Gasteiger partial charge < -0.3 is 29.6 Å². The van der Waals surface area contributed by atoms with E-state index in [1.54, 1.807) is 16.2 Å². The Morgan fingerprint density at radius 2 is 1.73 bits per heavy atom. The van der Waals surface area contributed by atoms with E-state index in [0.29, 0.717) is 38.5 Å². The number of ether oxygens (including phenoxy) is 2. The first kappa shape index (κ1) is 41.6. The van der Waals surface area contributed by atoms with Crippen molar-refractivity contribution >= 4 is 33.6 Å². The van der Waals surface area contributed by atoms with Gasteiger partial charge in [-0.1, -0.05) is 60.7 Å². The summed E-state index contributed by atoms with van der Waals surface area (Å²) in [6.07, 6.45) is 4.80. The van der Waals surface area contributed by atoms with Crippen molar-refractivity contribution in [3.63, 3.8) is 0 Å². The van der Waals surface area contributed by atoms with Crippen LogP contribution in [0.5, 0.6) is 5.75 Å². The molecule has 2 N–H and O–H groups in total. The lowest BCUT2D eigenvalue weighted by Gasteiger charge is -2.16. The Morgan fingerprint density at radius 1 is 1.04 bits per heavy atom. The van der Waals surface area contributed by atoms with E-state index in [9.17, 15) is 22.8 Å². The van der Waals surface area contributed by atoms with Crippen molar-refractivity contribution in [1.29, 1.82) is 0 Å². The molecule has 298 valence electrons. The number of nitrogens with zero attached hydrogens (tertiary/aromatic N) is 5. The zero-order chi connectivity index (χ0) is 40.1. The molecule has 3 amide bonds. The third kappa shape index (κ3) is 12.2. The molecule has 0 aliphatic carbocycles.